The number of hydrogen-bond donors (Lipinski definition) is 2. The number of nitrogens with zero attached hydrogens (tertiary/aromatic N) is 1. The van der Waals surface area contributed by atoms with Crippen LogP contribution >= 0.6 is 23.2 Å². The average Bonchev–Trinajstić information content (AvgIpc) is 2.74. The average molecular weight is 290 g/mol. The highest BCUT2D eigenvalue weighted by Crippen LogP contribution is 2.33. The van der Waals surface area contributed by atoms with Crippen molar-refractivity contribution < 1.29 is 10.2 Å². The topological polar surface area (TPSA) is 43.7 Å². The normalized spacial score (nSPS) is 22.3. The number of aliphatic hydroxyl groups excluding tert-OH is 1. The van der Waals surface area contributed by atoms with Crippen LogP contribution in [0.5, 0.6) is 5.75 Å². The maximum atomic E-state index is 9.89. The first-order valence-corrected chi connectivity index (χ1v) is 6.80. The van der Waals surface area contributed by atoms with Gasteiger partial charge in [-0.15, -0.1) is 0 Å². The van der Waals surface area contributed by atoms with Crippen LogP contribution in [-0.4, -0.2) is 34.3 Å². The molecule has 3 nitrogen and oxygen atoms in total. The van der Waals surface area contributed by atoms with Gasteiger partial charge in [-0.3, -0.25) is 4.90 Å². The van der Waals surface area contributed by atoms with E-state index in [1.165, 1.54) is 6.07 Å². The number of rotatable bonds is 3. The fraction of sp³-hybridized carbons (Fsp3) is 0.538. The summed E-state index contributed by atoms with van der Waals surface area (Å²) in [5, 5.41) is 20.3. The van der Waals surface area contributed by atoms with Crippen LogP contribution in [-0.2, 0) is 6.54 Å². The van der Waals surface area contributed by atoms with Gasteiger partial charge in [0.05, 0.1) is 11.1 Å². The van der Waals surface area contributed by atoms with E-state index in [1.54, 1.807) is 6.07 Å². The molecule has 2 atom stereocenters. The molecular formula is C13H17Cl2NO2. The van der Waals surface area contributed by atoms with E-state index in [0.717, 1.165) is 25.1 Å². The molecule has 1 aromatic carbocycles. The molecule has 1 saturated heterocycles. The van der Waals surface area contributed by atoms with Crippen LogP contribution in [0.4, 0.5) is 0 Å². The largest absolute Gasteiger partial charge is 0.506 e. The first kappa shape index (κ1) is 13.9. The summed E-state index contributed by atoms with van der Waals surface area (Å²) in [4.78, 5) is 2.19. The minimum atomic E-state index is -0.286. The second-order valence-electron chi connectivity index (χ2n) is 4.92. The molecule has 0 bridgehead atoms. The number of aliphatic hydroxyl groups is 1. The van der Waals surface area contributed by atoms with Crippen LogP contribution in [0.25, 0.3) is 0 Å². The maximum Gasteiger partial charge on any atom is 0.138 e. The predicted molar refractivity (Wildman–Crippen MR) is 73.2 cm³/mol. The van der Waals surface area contributed by atoms with Gasteiger partial charge in [0.25, 0.3) is 0 Å². The molecule has 0 saturated carbocycles. The number of likely N-dealkylation sites (tertiary alicyclic amines) is 1. The molecule has 2 unspecified atom stereocenters. The lowest BCUT2D eigenvalue weighted by molar-refractivity contribution is 0.127. The lowest BCUT2D eigenvalue weighted by atomic mass is 10.0. The zero-order chi connectivity index (χ0) is 13.3. The minimum absolute atomic E-state index is 0.0987. The number of hydrogen-bond acceptors (Lipinski definition) is 3. The molecule has 0 aliphatic carbocycles. The van der Waals surface area contributed by atoms with Gasteiger partial charge < -0.3 is 10.2 Å². The number of halogens is 2. The molecule has 2 N–H and O–H groups in total. The van der Waals surface area contributed by atoms with E-state index in [2.05, 4.69) is 4.90 Å². The van der Waals surface area contributed by atoms with Crippen molar-refractivity contribution in [3.8, 4) is 5.75 Å². The second-order valence-corrected chi connectivity index (χ2v) is 5.76. The van der Waals surface area contributed by atoms with Gasteiger partial charge >= 0.3 is 0 Å². The van der Waals surface area contributed by atoms with Crippen LogP contribution < -0.4 is 0 Å². The summed E-state index contributed by atoms with van der Waals surface area (Å²) in [7, 11) is 0. The molecule has 0 amide bonds. The van der Waals surface area contributed by atoms with Crippen LogP contribution in [0, 0.1) is 5.92 Å². The molecule has 1 aliphatic rings. The van der Waals surface area contributed by atoms with Crippen molar-refractivity contribution in [2.24, 2.45) is 5.92 Å². The third kappa shape index (κ3) is 3.09. The number of phenols is 1. The molecule has 18 heavy (non-hydrogen) atoms. The van der Waals surface area contributed by atoms with Gasteiger partial charge in [0.1, 0.15) is 5.75 Å². The Labute approximate surface area is 117 Å². The number of benzene rings is 1. The minimum Gasteiger partial charge on any atom is -0.506 e. The Morgan fingerprint density at radius 3 is 2.78 bits per heavy atom. The second kappa shape index (κ2) is 5.66. The zero-order valence-electron chi connectivity index (χ0n) is 10.2. The van der Waals surface area contributed by atoms with Crippen molar-refractivity contribution in [2.75, 3.05) is 13.1 Å². The monoisotopic (exact) mass is 289 g/mol. The van der Waals surface area contributed by atoms with E-state index >= 15 is 0 Å². The van der Waals surface area contributed by atoms with E-state index in [0.29, 0.717) is 17.5 Å². The number of phenolic OH excluding ortho intramolecular Hbond substituents is 1. The SMILES string of the molecule is CC(O)C1CCN(Cc2cc(Cl)cc(Cl)c2O)C1. The Balaban J connectivity index is 2.07. The van der Waals surface area contributed by atoms with Crippen LogP contribution in [0.15, 0.2) is 12.1 Å². The number of aromatic hydroxyl groups is 1. The van der Waals surface area contributed by atoms with E-state index in [9.17, 15) is 10.2 Å². The summed E-state index contributed by atoms with van der Waals surface area (Å²) in [5.74, 6) is 0.406. The molecule has 1 aliphatic heterocycles. The maximum absolute atomic E-state index is 9.89. The molecule has 1 heterocycles. The Morgan fingerprint density at radius 1 is 1.44 bits per heavy atom. The van der Waals surface area contributed by atoms with Gasteiger partial charge in [-0.25, -0.2) is 0 Å². The third-order valence-corrected chi connectivity index (χ3v) is 4.00. The summed E-state index contributed by atoms with van der Waals surface area (Å²) in [6.07, 6.45) is 0.693. The van der Waals surface area contributed by atoms with Gasteiger partial charge in [-0.2, -0.15) is 0 Å². The fourth-order valence-electron chi connectivity index (χ4n) is 2.38. The molecule has 1 fully saturated rings. The van der Waals surface area contributed by atoms with E-state index < -0.39 is 0 Å². The van der Waals surface area contributed by atoms with Crippen LogP contribution in [0.2, 0.25) is 10.0 Å². The van der Waals surface area contributed by atoms with Gasteiger partial charge in [0.2, 0.25) is 0 Å². The molecule has 5 heteroatoms. The smallest absolute Gasteiger partial charge is 0.138 e. The quantitative estimate of drug-likeness (QED) is 0.899. The fourth-order valence-corrected chi connectivity index (χ4v) is 2.92. The molecule has 0 spiro atoms. The van der Waals surface area contributed by atoms with Crippen molar-refractivity contribution in [1.29, 1.82) is 0 Å². The summed E-state index contributed by atoms with van der Waals surface area (Å²) in [6.45, 7) is 4.18. The Kier molecular flexibility index (Phi) is 4.38. The summed E-state index contributed by atoms with van der Waals surface area (Å²) >= 11 is 11.8. The molecule has 2 rings (SSSR count). The van der Waals surface area contributed by atoms with Gasteiger partial charge in [-0.05, 0) is 37.9 Å². The van der Waals surface area contributed by atoms with Crippen LogP contribution in [0.3, 0.4) is 0 Å². The zero-order valence-corrected chi connectivity index (χ0v) is 11.7. The molecule has 0 aromatic heterocycles. The van der Waals surface area contributed by atoms with Crippen molar-refractivity contribution in [1.82, 2.24) is 4.90 Å². The van der Waals surface area contributed by atoms with Gasteiger partial charge in [-0.1, -0.05) is 23.2 Å². The molecule has 1 aromatic rings. The lowest BCUT2D eigenvalue weighted by Crippen LogP contribution is -2.24. The third-order valence-electron chi connectivity index (χ3n) is 3.49. The highest BCUT2D eigenvalue weighted by atomic mass is 35.5. The van der Waals surface area contributed by atoms with Crippen molar-refractivity contribution in [3.63, 3.8) is 0 Å². The Bertz CT molecular complexity index is 437. The first-order chi connectivity index (χ1) is 8.47. The lowest BCUT2D eigenvalue weighted by Gasteiger charge is -2.18. The summed E-state index contributed by atoms with van der Waals surface area (Å²) in [5.41, 5.74) is 0.735. The molecular weight excluding hydrogens is 273 g/mol. The van der Waals surface area contributed by atoms with E-state index in [4.69, 9.17) is 23.2 Å². The van der Waals surface area contributed by atoms with E-state index in [1.807, 2.05) is 6.92 Å². The molecule has 100 valence electrons. The van der Waals surface area contributed by atoms with Gasteiger partial charge in [0.15, 0.2) is 0 Å². The van der Waals surface area contributed by atoms with Gasteiger partial charge in [0, 0.05) is 23.7 Å². The highest BCUT2D eigenvalue weighted by molar-refractivity contribution is 6.35. The van der Waals surface area contributed by atoms with Crippen molar-refractivity contribution >= 4 is 23.2 Å². The Hall–Kier alpha value is -0.480. The Morgan fingerprint density at radius 2 is 2.17 bits per heavy atom. The summed E-state index contributed by atoms with van der Waals surface area (Å²) in [6, 6.07) is 3.27. The molecule has 0 radical (unpaired) electrons. The van der Waals surface area contributed by atoms with Crippen molar-refractivity contribution in [2.45, 2.75) is 26.0 Å². The highest BCUT2D eigenvalue weighted by Gasteiger charge is 2.26. The standard InChI is InChI=1S/C13H17Cl2NO2/c1-8(17)9-2-3-16(6-9)7-10-4-11(14)5-12(15)13(10)18/h4-5,8-9,17-18H,2-3,6-7H2,1H3. The first-order valence-electron chi connectivity index (χ1n) is 6.04. The predicted octanol–water partition coefficient (Wildman–Crippen LogP) is 2.90. The van der Waals surface area contributed by atoms with Crippen molar-refractivity contribution in [3.05, 3.63) is 27.7 Å². The summed E-state index contributed by atoms with van der Waals surface area (Å²) < 4.78 is 0. The van der Waals surface area contributed by atoms with E-state index in [-0.39, 0.29) is 16.9 Å². The van der Waals surface area contributed by atoms with Crippen LogP contribution in [0.1, 0.15) is 18.9 Å².